The van der Waals surface area contributed by atoms with Gasteiger partial charge in [0.2, 0.25) is 0 Å². The van der Waals surface area contributed by atoms with Crippen LogP contribution in [-0.2, 0) is 0 Å². The first kappa shape index (κ1) is 16.4. The normalized spacial score (nSPS) is 22.6. The first-order chi connectivity index (χ1) is 10.2. The molecule has 1 aromatic heterocycles. The second kappa shape index (κ2) is 7.87. The van der Waals surface area contributed by atoms with E-state index in [9.17, 15) is 0 Å². The Morgan fingerprint density at radius 1 is 1.43 bits per heavy atom. The van der Waals surface area contributed by atoms with Gasteiger partial charge in [-0.25, -0.2) is 0 Å². The predicted octanol–water partition coefficient (Wildman–Crippen LogP) is 2.28. The molecule has 4 heteroatoms. The van der Waals surface area contributed by atoms with Crippen molar-refractivity contribution in [2.24, 2.45) is 5.73 Å². The van der Waals surface area contributed by atoms with Crippen LogP contribution in [0.4, 0.5) is 0 Å². The van der Waals surface area contributed by atoms with Gasteiger partial charge in [-0.15, -0.1) is 0 Å². The van der Waals surface area contributed by atoms with Crippen LogP contribution in [0.5, 0.6) is 0 Å². The van der Waals surface area contributed by atoms with Crippen molar-refractivity contribution in [2.75, 3.05) is 26.7 Å². The fourth-order valence-corrected chi connectivity index (χ4v) is 3.51. The number of pyridine rings is 1. The molecule has 0 bridgehead atoms. The number of nitrogens with two attached hydrogens (primary N) is 1. The molecule has 0 aromatic carbocycles. The zero-order valence-electron chi connectivity index (χ0n) is 13.7. The monoisotopic (exact) mass is 290 g/mol. The largest absolute Gasteiger partial charge is 0.326 e. The molecule has 0 radical (unpaired) electrons. The summed E-state index contributed by atoms with van der Waals surface area (Å²) >= 11 is 0. The van der Waals surface area contributed by atoms with Gasteiger partial charge in [0.1, 0.15) is 0 Å². The summed E-state index contributed by atoms with van der Waals surface area (Å²) in [5, 5.41) is 0. The van der Waals surface area contributed by atoms with Crippen molar-refractivity contribution >= 4 is 0 Å². The SMILES string of the molecule is CCC(N)C(c1ccccn1)N(C)CC1CCCN1CC. The average molecular weight is 290 g/mol. The van der Waals surface area contributed by atoms with E-state index in [-0.39, 0.29) is 12.1 Å². The summed E-state index contributed by atoms with van der Waals surface area (Å²) in [5.74, 6) is 0. The molecule has 2 rings (SSSR count). The van der Waals surface area contributed by atoms with E-state index < -0.39 is 0 Å². The number of nitrogens with zero attached hydrogens (tertiary/aromatic N) is 3. The van der Waals surface area contributed by atoms with Crippen LogP contribution < -0.4 is 5.73 Å². The summed E-state index contributed by atoms with van der Waals surface area (Å²) in [4.78, 5) is 9.55. The summed E-state index contributed by atoms with van der Waals surface area (Å²) in [6.07, 6.45) is 5.45. The van der Waals surface area contributed by atoms with E-state index in [2.05, 4.69) is 47.8 Å². The van der Waals surface area contributed by atoms with E-state index in [1.807, 2.05) is 12.3 Å². The number of hydrogen-bond acceptors (Lipinski definition) is 4. The number of rotatable bonds is 7. The van der Waals surface area contributed by atoms with E-state index in [4.69, 9.17) is 5.73 Å². The maximum Gasteiger partial charge on any atom is 0.0671 e. The van der Waals surface area contributed by atoms with Gasteiger partial charge in [-0.3, -0.25) is 14.8 Å². The number of likely N-dealkylation sites (tertiary alicyclic amines) is 1. The van der Waals surface area contributed by atoms with E-state index in [0.717, 1.165) is 25.2 Å². The molecule has 118 valence electrons. The first-order valence-corrected chi connectivity index (χ1v) is 8.28. The van der Waals surface area contributed by atoms with Crippen LogP contribution in [0.1, 0.15) is 44.8 Å². The molecule has 4 nitrogen and oxygen atoms in total. The Bertz CT molecular complexity index is 409. The van der Waals surface area contributed by atoms with Gasteiger partial charge in [0.25, 0.3) is 0 Å². The molecule has 1 saturated heterocycles. The van der Waals surface area contributed by atoms with Crippen molar-refractivity contribution < 1.29 is 0 Å². The molecule has 21 heavy (non-hydrogen) atoms. The summed E-state index contributed by atoms with van der Waals surface area (Å²) in [6, 6.07) is 7.11. The number of hydrogen-bond donors (Lipinski definition) is 1. The average Bonchev–Trinajstić information content (AvgIpc) is 2.95. The van der Waals surface area contributed by atoms with Gasteiger partial charge in [-0.2, -0.15) is 0 Å². The van der Waals surface area contributed by atoms with Crippen molar-refractivity contribution in [3.05, 3.63) is 30.1 Å². The molecular weight excluding hydrogens is 260 g/mol. The fourth-order valence-electron chi connectivity index (χ4n) is 3.51. The van der Waals surface area contributed by atoms with Crippen molar-refractivity contribution in [1.82, 2.24) is 14.8 Å². The molecule has 2 N–H and O–H groups in total. The standard InChI is InChI=1S/C17H30N4/c1-4-15(18)17(16-10-6-7-11-19-16)20(3)13-14-9-8-12-21(14)5-2/h6-7,10-11,14-15,17H,4-5,8-9,12-13,18H2,1-3H3. The van der Waals surface area contributed by atoms with Gasteiger partial charge in [0, 0.05) is 24.8 Å². The number of aromatic nitrogens is 1. The van der Waals surface area contributed by atoms with Crippen LogP contribution in [0.15, 0.2) is 24.4 Å². The molecule has 1 aliphatic heterocycles. The molecule has 3 atom stereocenters. The van der Waals surface area contributed by atoms with Gasteiger partial charge >= 0.3 is 0 Å². The minimum Gasteiger partial charge on any atom is -0.326 e. The van der Waals surface area contributed by atoms with Crippen molar-refractivity contribution in [3.8, 4) is 0 Å². The van der Waals surface area contributed by atoms with E-state index >= 15 is 0 Å². The maximum atomic E-state index is 6.40. The van der Waals surface area contributed by atoms with Crippen LogP contribution in [-0.4, -0.2) is 53.5 Å². The Labute approximate surface area is 129 Å². The van der Waals surface area contributed by atoms with E-state index in [1.54, 1.807) is 0 Å². The van der Waals surface area contributed by atoms with E-state index in [1.165, 1.54) is 19.4 Å². The lowest BCUT2D eigenvalue weighted by Crippen LogP contribution is -2.45. The third-order valence-electron chi connectivity index (χ3n) is 4.75. The molecule has 0 aliphatic carbocycles. The summed E-state index contributed by atoms with van der Waals surface area (Å²) in [7, 11) is 2.20. The topological polar surface area (TPSA) is 45.4 Å². The van der Waals surface area contributed by atoms with Crippen LogP contribution in [0.2, 0.25) is 0 Å². The minimum atomic E-state index is 0.126. The molecule has 1 fully saturated rings. The maximum absolute atomic E-state index is 6.40. The molecule has 3 unspecified atom stereocenters. The van der Waals surface area contributed by atoms with Crippen LogP contribution in [0.3, 0.4) is 0 Å². The van der Waals surface area contributed by atoms with Gasteiger partial charge < -0.3 is 5.73 Å². The Balaban J connectivity index is 2.09. The first-order valence-electron chi connectivity index (χ1n) is 8.28. The zero-order chi connectivity index (χ0) is 15.2. The van der Waals surface area contributed by atoms with Gasteiger partial charge in [0.05, 0.1) is 11.7 Å². The fraction of sp³-hybridized carbons (Fsp3) is 0.706. The summed E-state index contributed by atoms with van der Waals surface area (Å²) in [5.41, 5.74) is 7.49. The van der Waals surface area contributed by atoms with Crippen molar-refractivity contribution in [3.63, 3.8) is 0 Å². The smallest absolute Gasteiger partial charge is 0.0671 e. The van der Waals surface area contributed by atoms with Gasteiger partial charge in [-0.05, 0) is 51.5 Å². The quantitative estimate of drug-likeness (QED) is 0.837. The third kappa shape index (κ3) is 4.02. The highest BCUT2D eigenvalue weighted by Gasteiger charge is 2.29. The number of likely N-dealkylation sites (N-methyl/N-ethyl adjacent to an activating group) is 2. The highest BCUT2D eigenvalue weighted by molar-refractivity contribution is 5.11. The highest BCUT2D eigenvalue weighted by Crippen LogP contribution is 2.25. The summed E-state index contributed by atoms with van der Waals surface area (Å²) < 4.78 is 0. The Hall–Kier alpha value is -0.970. The lowest BCUT2D eigenvalue weighted by Gasteiger charge is -2.35. The Kier molecular flexibility index (Phi) is 6.15. The lowest BCUT2D eigenvalue weighted by molar-refractivity contribution is 0.145. The van der Waals surface area contributed by atoms with Crippen molar-refractivity contribution in [1.29, 1.82) is 0 Å². The van der Waals surface area contributed by atoms with Gasteiger partial charge in [0.15, 0.2) is 0 Å². The molecular formula is C17H30N4. The summed E-state index contributed by atoms with van der Waals surface area (Å²) in [6.45, 7) is 7.87. The zero-order valence-corrected chi connectivity index (χ0v) is 13.7. The molecule has 1 aromatic rings. The minimum absolute atomic E-state index is 0.126. The molecule has 0 amide bonds. The molecule has 1 aliphatic rings. The predicted molar refractivity (Wildman–Crippen MR) is 88.1 cm³/mol. The molecule has 0 spiro atoms. The highest BCUT2D eigenvalue weighted by atomic mass is 15.2. The second-order valence-electron chi connectivity index (χ2n) is 6.14. The Morgan fingerprint density at radius 2 is 2.24 bits per heavy atom. The van der Waals surface area contributed by atoms with E-state index in [0.29, 0.717) is 6.04 Å². The Morgan fingerprint density at radius 3 is 2.86 bits per heavy atom. The van der Waals surface area contributed by atoms with Crippen LogP contribution in [0.25, 0.3) is 0 Å². The lowest BCUT2D eigenvalue weighted by atomic mass is 10.00. The molecule has 2 heterocycles. The van der Waals surface area contributed by atoms with Crippen molar-refractivity contribution in [2.45, 2.75) is 51.2 Å². The third-order valence-corrected chi connectivity index (χ3v) is 4.75. The van der Waals surface area contributed by atoms with Gasteiger partial charge in [-0.1, -0.05) is 19.9 Å². The molecule has 0 saturated carbocycles. The van der Waals surface area contributed by atoms with Crippen LogP contribution >= 0.6 is 0 Å². The second-order valence-corrected chi connectivity index (χ2v) is 6.14. The van der Waals surface area contributed by atoms with Crippen LogP contribution in [0, 0.1) is 0 Å².